The number of benzene rings is 1. The molecule has 0 spiro atoms. The molecule has 1 atom stereocenters. The van der Waals surface area contributed by atoms with Gasteiger partial charge in [0.2, 0.25) is 17.7 Å². The number of rotatable bonds is 17. The SMILES string of the molecule is NC1CCC(CNC(=O)CN2CCCCC(NC(=O)CCCCCCCCCCOc3ccccc3)C2=O)CC1. The molecule has 3 rings (SSSR count). The van der Waals surface area contributed by atoms with Gasteiger partial charge in [-0.15, -0.1) is 0 Å². The lowest BCUT2D eigenvalue weighted by Crippen LogP contribution is -2.50. The van der Waals surface area contributed by atoms with Crippen molar-refractivity contribution in [1.82, 2.24) is 15.5 Å². The summed E-state index contributed by atoms with van der Waals surface area (Å²) in [5.41, 5.74) is 5.97. The van der Waals surface area contributed by atoms with Gasteiger partial charge in [0.15, 0.2) is 0 Å². The summed E-state index contributed by atoms with van der Waals surface area (Å²) in [6, 6.07) is 9.71. The van der Waals surface area contributed by atoms with Crippen LogP contribution < -0.4 is 21.1 Å². The van der Waals surface area contributed by atoms with E-state index in [9.17, 15) is 14.4 Å². The van der Waals surface area contributed by atoms with Crippen LogP contribution in [-0.2, 0) is 14.4 Å². The highest BCUT2D eigenvalue weighted by atomic mass is 16.5. The van der Waals surface area contributed by atoms with E-state index >= 15 is 0 Å². The lowest BCUT2D eigenvalue weighted by molar-refractivity contribution is -0.139. The number of para-hydroxylation sites is 1. The zero-order valence-electron chi connectivity index (χ0n) is 24.4. The molecule has 8 nitrogen and oxygen atoms in total. The zero-order chi connectivity index (χ0) is 28.4. The number of nitrogens with zero attached hydrogens (tertiary/aromatic N) is 1. The van der Waals surface area contributed by atoms with Crippen LogP contribution in [0.25, 0.3) is 0 Å². The van der Waals surface area contributed by atoms with Gasteiger partial charge >= 0.3 is 0 Å². The molecule has 4 N–H and O–H groups in total. The first-order valence-corrected chi connectivity index (χ1v) is 15.8. The van der Waals surface area contributed by atoms with E-state index in [1.54, 1.807) is 4.90 Å². The van der Waals surface area contributed by atoms with Crippen molar-refractivity contribution in [3.63, 3.8) is 0 Å². The lowest BCUT2D eigenvalue weighted by atomic mass is 9.86. The molecule has 40 heavy (non-hydrogen) atoms. The number of ether oxygens (including phenoxy) is 1. The van der Waals surface area contributed by atoms with Crippen LogP contribution in [0.4, 0.5) is 0 Å². The smallest absolute Gasteiger partial charge is 0.245 e. The summed E-state index contributed by atoms with van der Waals surface area (Å²) in [4.78, 5) is 39.8. The molecule has 1 saturated carbocycles. The molecule has 3 amide bonds. The van der Waals surface area contributed by atoms with Crippen LogP contribution in [0.2, 0.25) is 0 Å². The predicted molar refractivity (Wildman–Crippen MR) is 159 cm³/mol. The second kappa shape index (κ2) is 18.7. The number of hydrogen-bond acceptors (Lipinski definition) is 5. The number of hydrogen-bond donors (Lipinski definition) is 3. The monoisotopic (exact) mass is 556 g/mol. The van der Waals surface area contributed by atoms with Gasteiger partial charge in [0.1, 0.15) is 11.8 Å². The Kier molecular flexibility index (Phi) is 14.9. The summed E-state index contributed by atoms with van der Waals surface area (Å²) in [6.07, 6.45) is 15.8. The van der Waals surface area contributed by atoms with Crippen LogP contribution in [0.15, 0.2) is 30.3 Å². The Morgan fingerprint density at radius 2 is 1.52 bits per heavy atom. The lowest BCUT2D eigenvalue weighted by Gasteiger charge is -2.27. The van der Waals surface area contributed by atoms with Crippen molar-refractivity contribution in [2.45, 2.75) is 115 Å². The third kappa shape index (κ3) is 12.7. The van der Waals surface area contributed by atoms with Gasteiger partial charge in [-0.25, -0.2) is 0 Å². The molecule has 2 fully saturated rings. The number of likely N-dealkylation sites (tertiary alicyclic amines) is 1. The van der Waals surface area contributed by atoms with Gasteiger partial charge in [-0.3, -0.25) is 14.4 Å². The molecule has 1 saturated heterocycles. The highest BCUT2D eigenvalue weighted by molar-refractivity contribution is 5.90. The Labute approximate surface area is 241 Å². The Bertz CT molecular complexity index is 873. The van der Waals surface area contributed by atoms with Crippen molar-refractivity contribution in [3.05, 3.63) is 30.3 Å². The quantitative estimate of drug-likeness (QED) is 0.241. The fraction of sp³-hybridized carbons (Fsp3) is 0.719. The number of unbranched alkanes of at least 4 members (excludes halogenated alkanes) is 7. The maximum atomic E-state index is 13.1. The molecule has 0 radical (unpaired) electrons. The van der Waals surface area contributed by atoms with E-state index in [1.165, 1.54) is 25.7 Å². The molecule has 8 heteroatoms. The molecule has 1 aromatic rings. The first-order chi connectivity index (χ1) is 19.5. The second-order valence-electron chi connectivity index (χ2n) is 11.7. The predicted octanol–water partition coefficient (Wildman–Crippen LogP) is 4.71. The average Bonchev–Trinajstić information content (AvgIpc) is 3.12. The van der Waals surface area contributed by atoms with Crippen LogP contribution in [0.1, 0.15) is 103 Å². The Morgan fingerprint density at radius 3 is 2.25 bits per heavy atom. The van der Waals surface area contributed by atoms with Crippen LogP contribution in [0, 0.1) is 5.92 Å². The van der Waals surface area contributed by atoms with Crippen LogP contribution >= 0.6 is 0 Å². The number of amides is 3. The molecule has 2 aliphatic rings. The first-order valence-electron chi connectivity index (χ1n) is 15.8. The maximum absolute atomic E-state index is 13.1. The van der Waals surface area contributed by atoms with E-state index in [0.717, 1.165) is 76.6 Å². The van der Waals surface area contributed by atoms with Crippen molar-refractivity contribution in [2.75, 3.05) is 26.2 Å². The summed E-state index contributed by atoms with van der Waals surface area (Å²) in [7, 11) is 0. The average molecular weight is 557 g/mol. The van der Waals surface area contributed by atoms with Crippen LogP contribution in [0.3, 0.4) is 0 Å². The summed E-state index contributed by atoms with van der Waals surface area (Å²) in [5.74, 6) is 1.11. The molecule has 1 heterocycles. The van der Waals surface area contributed by atoms with Crippen LogP contribution in [-0.4, -0.2) is 60.9 Å². The van der Waals surface area contributed by atoms with Crippen molar-refractivity contribution in [2.24, 2.45) is 11.7 Å². The number of nitrogens with one attached hydrogen (secondary N) is 2. The van der Waals surface area contributed by atoms with Crippen molar-refractivity contribution in [1.29, 1.82) is 0 Å². The van der Waals surface area contributed by atoms with Gasteiger partial charge in [-0.2, -0.15) is 0 Å². The van der Waals surface area contributed by atoms with E-state index in [2.05, 4.69) is 10.6 Å². The zero-order valence-corrected chi connectivity index (χ0v) is 24.4. The Morgan fingerprint density at radius 1 is 0.850 bits per heavy atom. The summed E-state index contributed by atoms with van der Waals surface area (Å²) in [6.45, 7) is 2.05. The minimum atomic E-state index is -0.520. The number of nitrogens with two attached hydrogens (primary N) is 1. The first kappa shape index (κ1) is 31.9. The minimum absolute atomic E-state index is 0.0569. The van der Waals surface area contributed by atoms with Gasteiger partial charge in [0, 0.05) is 25.6 Å². The van der Waals surface area contributed by atoms with Gasteiger partial charge in [-0.1, -0.05) is 56.7 Å². The molecule has 1 aromatic carbocycles. The summed E-state index contributed by atoms with van der Waals surface area (Å²) < 4.78 is 5.73. The van der Waals surface area contributed by atoms with Crippen molar-refractivity contribution in [3.8, 4) is 5.75 Å². The van der Waals surface area contributed by atoms with Gasteiger partial charge in [0.25, 0.3) is 0 Å². The minimum Gasteiger partial charge on any atom is -0.494 e. The molecule has 1 aliphatic heterocycles. The fourth-order valence-electron chi connectivity index (χ4n) is 5.70. The van der Waals surface area contributed by atoms with E-state index in [0.29, 0.717) is 37.9 Å². The molecule has 0 aromatic heterocycles. The van der Waals surface area contributed by atoms with E-state index in [-0.39, 0.29) is 24.3 Å². The molecular formula is C32H52N4O4. The number of carbonyl (C=O) groups is 3. The van der Waals surface area contributed by atoms with E-state index < -0.39 is 6.04 Å². The highest BCUT2D eigenvalue weighted by Crippen LogP contribution is 2.22. The number of carbonyl (C=O) groups excluding carboxylic acids is 3. The largest absolute Gasteiger partial charge is 0.494 e. The molecular weight excluding hydrogens is 504 g/mol. The van der Waals surface area contributed by atoms with E-state index in [4.69, 9.17) is 10.5 Å². The van der Waals surface area contributed by atoms with Gasteiger partial charge < -0.3 is 26.0 Å². The Balaban J connectivity index is 1.20. The third-order valence-corrected chi connectivity index (χ3v) is 8.24. The van der Waals surface area contributed by atoms with Crippen LogP contribution in [0.5, 0.6) is 5.75 Å². The summed E-state index contributed by atoms with van der Waals surface area (Å²) >= 11 is 0. The van der Waals surface area contributed by atoms with Gasteiger partial charge in [0.05, 0.1) is 13.2 Å². The third-order valence-electron chi connectivity index (χ3n) is 8.24. The fourth-order valence-corrected chi connectivity index (χ4v) is 5.70. The van der Waals surface area contributed by atoms with Crippen molar-refractivity contribution < 1.29 is 19.1 Å². The molecule has 224 valence electrons. The Hall–Kier alpha value is -2.61. The van der Waals surface area contributed by atoms with Gasteiger partial charge in [-0.05, 0) is 75.8 Å². The highest BCUT2D eigenvalue weighted by Gasteiger charge is 2.29. The van der Waals surface area contributed by atoms with E-state index in [1.807, 2.05) is 30.3 Å². The second-order valence-corrected chi connectivity index (χ2v) is 11.7. The van der Waals surface area contributed by atoms with Crippen molar-refractivity contribution >= 4 is 17.7 Å². The molecule has 1 aliphatic carbocycles. The maximum Gasteiger partial charge on any atom is 0.245 e. The normalized spacial score (nSPS) is 21.5. The molecule has 1 unspecified atom stereocenters. The topological polar surface area (TPSA) is 114 Å². The molecule has 0 bridgehead atoms. The standard InChI is InChI=1S/C32H52N4O4/c33-27-20-18-26(19-21-27)24-34-31(38)25-36-22-12-11-16-29(32(36)39)35-30(37)17-10-5-3-1-2-4-6-13-23-40-28-14-8-7-9-15-28/h7-9,14-15,26-27,29H,1-6,10-13,16-25,33H2,(H,34,38)(H,35,37). The summed E-state index contributed by atoms with van der Waals surface area (Å²) in [5, 5.41) is 5.97.